The average molecular weight is 260 g/mol. The monoisotopic (exact) mass is 260 g/mol. The molecule has 2 rings (SSSR count). The van der Waals surface area contributed by atoms with Gasteiger partial charge in [-0.05, 0) is 13.0 Å². The van der Waals surface area contributed by atoms with Gasteiger partial charge >= 0.3 is 0 Å². The van der Waals surface area contributed by atoms with E-state index in [-0.39, 0.29) is 6.61 Å². The number of nitrogens with zero attached hydrogens (tertiary/aromatic N) is 2. The molecule has 5 nitrogen and oxygen atoms in total. The first-order valence-corrected chi connectivity index (χ1v) is 7.26. The van der Waals surface area contributed by atoms with Crippen molar-refractivity contribution in [1.29, 1.82) is 0 Å². The molecule has 0 saturated heterocycles. The lowest BCUT2D eigenvalue weighted by Gasteiger charge is -1.97. The first-order chi connectivity index (χ1) is 7.37. The van der Waals surface area contributed by atoms with E-state index in [1.807, 2.05) is 20.0 Å². The molecule has 0 spiro atoms. The van der Waals surface area contributed by atoms with Gasteiger partial charge in [0.05, 0.1) is 11.9 Å². The Morgan fingerprint density at radius 2 is 2.25 bits per heavy atom. The predicted molar refractivity (Wildman–Crippen MR) is 63.0 cm³/mol. The fraction of sp³-hybridized carbons (Fsp3) is 0.444. The quantitative estimate of drug-likeness (QED) is 0.783. The van der Waals surface area contributed by atoms with E-state index in [4.69, 9.17) is 4.18 Å². The molecule has 0 aliphatic carbocycles. The van der Waals surface area contributed by atoms with Crippen LogP contribution in [-0.4, -0.2) is 24.5 Å². The van der Waals surface area contributed by atoms with E-state index >= 15 is 0 Å². The van der Waals surface area contributed by atoms with Crippen LogP contribution in [-0.2, 0) is 28.0 Å². The van der Waals surface area contributed by atoms with Crippen LogP contribution in [0.2, 0.25) is 0 Å². The number of hydrogen-bond acceptors (Lipinski definition) is 5. The minimum absolute atomic E-state index is 0.0949. The average Bonchev–Trinajstić information content (AvgIpc) is 2.65. The fourth-order valence-corrected chi connectivity index (χ4v) is 2.94. The molecule has 7 heteroatoms. The van der Waals surface area contributed by atoms with Crippen LogP contribution in [0.5, 0.6) is 0 Å². The molecule has 0 aliphatic rings. The molecule has 2 heterocycles. The molecule has 0 amide bonds. The number of aromatic nitrogens is 2. The van der Waals surface area contributed by atoms with Gasteiger partial charge in [-0.1, -0.05) is 0 Å². The second kappa shape index (κ2) is 3.83. The zero-order valence-corrected chi connectivity index (χ0v) is 10.9. The molecule has 2 aromatic rings. The molecule has 0 N–H and O–H groups in total. The van der Waals surface area contributed by atoms with Crippen molar-refractivity contribution in [3.63, 3.8) is 0 Å². The number of rotatable bonds is 3. The number of fused-ring (bicyclic) bond motifs is 1. The number of aryl methyl sites for hydroxylation is 2. The summed E-state index contributed by atoms with van der Waals surface area (Å²) in [7, 11) is -1.51. The maximum Gasteiger partial charge on any atom is 0.264 e. The molecular formula is C9H12N2O3S2. The van der Waals surface area contributed by atoms with E-state index in [1.165, 1.54) is 11.3 Å². The summed E-state index contributed by atoms with van der Waals surface area (Å²) in [6.45, 7) is 2.02. The van der Waals surface area contributed by atoms with Crippen molar-refractivity contribution in [2.75, 3.05) is 6.26 Å². The molecule has 0 bridgehead atoms. The first kappa shape index (κ1) is 11.6. The van der Waals surface area contributed by atoms with Gasteiger partial charge in [0.2, 0.25) is 0 Å². The highest BCUT2D eigenvalue weighted by Crippen LogP contribution is 2.28. The number of hydrogen-bond donors (Lipinski definition) is 0. The first-order valence-electron chi connectivity index (χ1n) is 4.63. The van der Waals surface area contributed by atoms with Gasteiger partial charge < -0.3 is 0 Å². The lowest BCUT2D eigenvalue weighted by atomic mass is 10.3. The normalized spacial score (nSPS) is 12.4. The van der Waals surface area contributed by atoms with Crippen LogP contribution in [0.4, 0.5) is 0 Å². The van der Waals surface area contributed by atoms with Crippen molar-refractivity contribution >= 4 is 31.7 Å². The molecule has 16 heavy (non-hydrogen) atoms. The largest absolute Gasteiger partial charge is 0.265 e. The van der Waals surface area contributed by atoms with Crippen LogP contribution >= 0.6 is 11.3 Å². The van der Waals surface area contributed by atoms with Gasteiger partial charge in [-0.3, -0.25) is 8.86 Å². The van der Waals surface area contributed by atoms with E-state index in [9.17, 15) is 8.42 Å². The predicted octanol–water partition coefficient (Wildman–Crippen LogP) is 1.42. The molecular weight excluding hydrogens is 248 g/mol. The molecule has 0 aromatic carbocycles. The summed E-state index contributed by atoms with van der Waals surface area (Å²) in [4.78, 5) is 1.92. The van der Waals surface area contributed by atoms with Crippen LogP contribution in [0, 0.1) is 6.92 Å². The Kier molecular flexibility index (Phi) is 2.77. The van der Waals surface area contributed by atoms with Gasteiger partial charge in [0.25, 0.3) is 10.1 Å². The van der Waals surface area contributed by atoms with Gasteiger partial charge in [0.1, 0.15) is 11.4 Å². The lowest BCUT2D eigenvalue weighted by Crippen LogP contribution is -2.01. The highest BCUT2D eigenvalue weighted by Gasteiger charge is 2.11. The second-order valence-electron chi connectivity index (χ2n) is 3.61. The Morgan fingerprint density at radius 3 is 2.81 bits per heavy atom. The Bertz CT molecular complexity index is 590. The summed E-state index contributed by atoms with van der Waals surface area (Å²) in [5.41, 5.74) is 0.944. The molecule has 0 radical (unpaired) electrons. The SMILES string of the molecule is Cc1nn(C)c2sc(COS(C)(=O)=O)cc12. The smallest absolute Gasteiger partial charge is 0.264 e. The molecule has 0 unspecified atom stereocenters. The third-order valence-electron chi connectivity index (χ3n) is 2.16. The topological polar surface area (TPSA) is 61.2 Å². The fourth-order valence-electron chi connectivity index (χ4n) is 1.49. The van der Waals surface area contributed by atoms with E-state index in [0.717, 1.165) is 27.0 Å². The minimum Gasteiger partial charge on any atom is -0.265 e. The molecule has 88 valence electrons. The zero-order valence-electron chi connectivity index (χ0n) is 9.22. The van der Waals surface area contributed by atoms with Crippen molar-refractivity contribution in [2.24, 2.45) is 7.05 Å². The van der Waals surface area contributed by atoms with E-state index < -0.39 is 10.1 Å². The molecule has 0 fully saturated rings. The van der Waals surface area contributed by atoms with Crippen LogP contribution in [0.1, 0.15) is 10.6 Å². The summed E-state index contributed by atoms with van der Waals surface area (Å²) in [5, 5.41) is 5.32. The van der Waals surface area contributed by atoms with Gasteiger partial charge in [-0.15, -0.1) is 11.3 Å². The highest BCUT2D eigenvalue weighted by atomic mass is 32.2. The lowest BCUT2D eigenvalue weighted by molar-refractivity contribution is 0.315. The van der Waals surface area contributed by atoms with Gasteiger partial charge in [-0.2, -0.15) is 13.5 Å². The standard InChI is InChI=1S/C9H12N2O3S2/c1-6-8-4-7(5-14-16(3,12)13)15-9(8)11(2)10-6/h4H,5H2,1-3H3. The molecule has 0 aliphatic heterocycles. The summed E-state index contributed by atoms with van der Waals surface area (Å²) in [6.07, 6.45) is 1.05. The Hall–Kier alpha value is -0.920. The molecule has 0 atom stereocenters. The number of thiophene rings is 1. The van der Waals surface area contributed by atoms with E-state index in [1.54, 1.807) is 4.68 Å². The van der Waals surface area contributed by atoms with Crippen molar-refractivity contribution < 1.29 is 12.6 Å². The third kappa shape index (κ3) is 2.26. The maximum atomic E-state index is 10.9. The van der Waals surface area contributed by atoms with Crippen molar-refractivity contribution in [1.82, 2.24) is 9.78 Å². The highest BCUT2D eigenvalue weighted by molar-refractivity contribution is 7.85. The second-order valence-corrected chi connectivity index (χ2v) is 6.37. The Labute approximate surface area is 97.8 Å². The van der Waals surface area contributed by atoms with Crippen LogP contribution in [0.3, 0.4) is 0 Å². The van der Waals surface area contributed by atoms with Crippen LogP contribution < -0.4 is 0 Å². The maximum absolute atomic E-state index is 10.9. The van der Waals surface area contributed by atoms with Gasteiger partial charge in [-0.25, -0.2) is 0 Å². The van der Waals surface area contributed by atoms with E-state index in [2.05, 4.69) is 5.10 Å². The van der Waals surface area contributed by atoms with Crippen LogP contribution in [0.25, 0.3) is 10.2 Å². The van der Waals surface area contributed by atoms with E-state index in [0.29, 0.717) is 0 Å². The Morgan fingerprint density at radius 1 is 1.56 bits per heavy atom. The third-order valence-corrected chi connectivity index (χ3v) is 3.88. The van der Waals surface area contributed by atoms with Gasteiger partial charge in [0, 0.05) is 17.3 Å². The summed E-state index contributed by atoms with van der Waals surface area (Å²) < 4.78 is 28.3. The molecule has 0 saturated carbocycles. The zero-order chi connectivity index (χ0) is 11.9. The summed E-state index contributed by atoms with van der Waals surface area (Å²) in [6, 6.07) is 1.92. The van der Waals surface area contributed by atoms with Gasteiger partial charge in [0.15, 0.2) is 0 Å². The minimum atomic E-state index is -3.38. The van der Waals surface area contributed by atoms with Crippen molar-refractivity contribution in [3.8, 4) is 0 Å². The summed E-state index contributed by atoms with van der Waals surface area (Å²) >= 11 is 1.50. The van der Waals surface area contributed by atoms with Crippen molar-refractivity contribution in [3.05, 3.63) is 16.6 Å². The van der Waals surface area contributed by atoms with Crippen LogP contribution in [0.15, 0.2) is 6.07 Å². The molecule has 2 aromatic heterocycles. The summed E-state index contributed by atoms with van der Waals surface area (Å²) in [5.74, 6) is 0. The van der Waals surface area contributed by atoms with Crippen molar-refractivity contribution in [2.45, 2.75) is 13.5 Å². The Balaban J connectivity index is 2.30.